The zero-order valence-corrected chi connectivity index (χ0v) is 15.8. The van der Waals surface area contributed by atoms with Crippen molar-refractivity contribution >= 4 is 33.1 Å². The summed E-state index contributed by atoms with van der Waals surface area (Å²) in [7, 11) is -4.02. The summed E-state index contributed by atoms with van der Waals surface area (Å²) in [5.74, 6) is -0.869. The molecule has 3 aromatic rings. The average Bonchev–Trinajstić information content (AvgIpc) is 2.65. The van der Waals surface area contributed by atoms with E-state index < -0.39 is 15.8 Å². The van der Waals surface area contributed by atoms with E-state index in [1.165, 1.54) is 37.3 Å². The minimum absolute atomic E-state index is 0.0928. The number of carbonyl (C=O) groups is 1. The van der Waals surface area contributed by atoms with Crippen LogP contribution in [-0.4, -0.2) is 14.2 Å². The molecule has 0 bridgehead atoms. The van der Waals surface area contributed by atoms with E-state index in [1.54, 1.807) is 30.3 Å². The number of nitrogens with one attached hydrogen (secondary N) is 1. The summed E-state index contributed by atoms with van der Waals surface area (Å²) in [4.78, 5) is 12.7. The molecule has 0 radical (unpaired) electrons. The van der Waals surface area contributed by atoms with Crippen molar-refractivity contribution in [2.75, 3.05) is 4.72 Å². The third-order valence-corrected chi connectivity index (χ3v) is 5.54. The highest BCUT2D eigenvalue weighted by Crippen LogP contribution is 2.26. The van der Waals surface area contributed by atoms with Gasteiger partial charge >= 0.3 is 0 Å². The van der Waals surface area contributed by atoms with Crippen LogP contribution in [0.2, 0.25) is 5.02 Å². The number of hydrogen-bond acceptors (Lipinski definition) is 3. The number of hydrogen-bond donors (Lipinski definition) is 1. The van der Waals surface area contributed by atoms with Crippen molar-refractivity contribution in [2.45, 2.75) is 11.8 Å². The van der Waals surface area contributed by atoms with Gasteiger partial charge in [0.25, 0.3) is 10.0 Å². The monoisotopic (exact) mass is 403 g/mol. The van der Waals surface area contributed by atoms with Crippen molar-refractivity contribution in [2.24, 2.45) is 0 Å². The number of aryl methyl sites for hydroxylation is 1. The summed E-state index contributed by atoms with van der Waals surface area (Å²) in [5, 5.41) is 0.301. The van der Waals surface area contributed by atoms with Crippen molar-refractivity contribution in [1.82, 2.24) is 0 Å². The lowest BCUT2D eigenvalue weighted by Gasteiger charge is -2.13. The molecule has 7 heteroatoms. The van der Waals surface area contributed by atoms with Crippen LogP contribution in [0.3, 0.4) is 0 Å². The quantitative estimate of drug-likeness (QED) is 0.621. The molecule has 138 valence electrons. The molecule has 0 aliphatic rings. The molecule has 0 aliphatic heterocycles. The molecule has 1 N–H and O–H groups in total. The first-order chi connectivity index (χ1) is 12.8. The second-order valence-corrected chi connectivity index (χ2v) is 8.02. The smallest absolute Gasteiger partial charge is 0.261 e. The molecule has 0 aromatic heterocycles. The van der Waals surface area contributed by atoms with E-state index in [2.05, 4.69) is 4.72 Å². The molecule has 0 fully saturated rings. The predicted molar refractivity (Wildman–Crippen MR) is 103 cm³/mol. The highest BCUT2D eigenvalue weighted by atomic mass is 35.5. The summed E-state index contributed by atoms with van der Waals surface area (Å²) in [6.07, 6.45) is 0. The largest absolute Gasteiger partial charge is 0.289 e. The predicted octanol–water partition coefficient (Wildman–Crippen LogP) is 4.82. The maximum atomic E-state index is 13.4. The molecule has 0 spiro atoms. The molecule has 0 unspecified atom stereocenters. The molecule has 0 heterocycles. The lowest BCUT2D eigenvalue weighted by molar-refractivity contribution is 0.103. The van der Waals surface area contributed by atoms with Gasteiger partial charge in [-0.1, -0.05) is 41.9 Å². The molecule has 3 aromatic carbocycles. The second kappa shape index (κ2) is 7.50. The van der Waals surface area contributed by atoms with Gasteiger partial charge in [-0.25, -0.2) is 12.8 Å². The van der Waals surface area contributed by atoms with Gasteiger partial charge in [0.2, 0.25) is 0 Å². The topological polar surface area (TPSA) is 63.2 Å². The van der Waals surface area contributed by atoms with E-state index in [1.807, 2.05) is 0 Å². The highest BCUT2D eigenvalue weighted by molar-refractivity contribution is 7.92. The zero-order chi connectivity index (χ0) is 19.6. The van der Waals surface area contributed by atoms with Crippen LogP contribution in [0, 0.1) is 12.7 Å². The lowest BCUT2D eigenvalue weighted by Crippen LogP contribution is -2.16. The summed E-state index contributed by atoms with van der Waals surface area (Å²) in [6, 6.07) is 16.2. The van der Waals surface area contributed by atoms with Crippen LogP contribution in [0.1, 0.15) is 21.5 Å². The minimum Gasteiger partial charge on any atom is -0.289 e. The Labute approximate surface area is 161 Å². The number of anilines is 1. The number of ketones is 1. The lowest BCUT2D eigenvalue weighted by atomic mass is 10.0. The van der Waals surface area contributed by atoms with Crippen molar-refractivity contribution in [3.63, 3.8) is 0 Å². The third kappa shape index (κ3) is 4.18. The number of rotatable bonds is 5. The maximum Gasteiger partial charge on any atom is 0.261 e. The van der Waals surface area contributed by atoms with E-state index >= 15 is 0 Å². The van der Waals surface area contributed by atoms with E-state index in [0.717, 1.165) is 6.07 Å². The van der Waals surface area contributed by atoms with Crippen LogP contribution in [-0.2, 0) is 10.0 Å². The first-order valence-electron chi connectivity index (χ1n) is 7.96. The molecule has 0 saturated heterocycles. The van der Waals surface area contributed by atoms with Gasteiger partial charge in [-0.2, -0.15) is 0 Å². The van der Waals surface area contributed by atoms with Gasteiger partial charge in [-0.3, -0.25) is 9.52 Å². The standard InChI is InChI=1S/C20H15ClFNO3S/c1-13-11-16(8-9-18(13)22)27(25,26)23-19-10-7-15(21)12-17(19)20(24)14-5-3-2-4-6-14/h2-12,23H,1H3. The van der Waals surface area contributed by atoms with Gasteiger partial charge in [-0.15, -0.1) is 0 Å². The Morgan fingerprint density at radius 1 is 1.00 bits per heavy atom. The van der Waals surface area contributed by atoms with Crippen LogP contribution < -0.4 is 4.72 Å². The second-order valence-electron chi connectivity index (χ2n) is 5.90. The summed E-state index contributed by atoms with van der Waals surface area (Å²) >= 11 is 6.00. The molecule has 0 saturated carbocycles. The third-order valence-electron chi connectivity index (χ3n) is 3.95. The van der Waals surface area contributed by atoms with Gasteiger partial charge in [0, 0.05) is 16.1 Å². The summed E-state index contributed by atoms with van der Waals surface area (Å²) < 4.78 is 41.2. The Morgan fingerprint density at radius 3 is 2.37 bits per heavy atom. The van der Waals surface area contributed by atoms with Crippen molar-refractivity contribution < 1.29 is 17.6 Å². The number of benzene rings is 3. The average molecular weight is 404 g/mol. The van der Waals surface area contributed by atoms with Crippen LogP contribution in [0.4, 0.5) is 10.1 Å². The van der Waals surface area contributed by atoms with Crippen LogP contribution in [0.25, 0.3) is 0 Å². The van der Waals surface area contributed by atoms with Crippen molar-refractivity contribution in [3.05, 3.63) is 94.3 Å². The zero-order valence-electron chi connectivity index (χ0n) is 14.2. The highest BCUT2D eigenvalue weighted by Gasteiger charge is 2.20. The number of carbonyl (C=O) groups excluding carboxylic acids is 1. The van der Waals surface area contributed by atoms with Crippen molar-refractivity contribution in [3.8, 4) is 0 Å². The van der Waals surface area contributed by atoms with Gasteiger partial charge in [-0.05, 0) is 48.9 Å². The Hall–Kier alpha value is -2.70. The molecule has 0 aliphatic carbocycles. The van der Waals surface area contributed by atoms with Gasteiger partial charge < -0.3 is 0 Å². The van der Waals surface area contributed by atoms with Crippen LogP contribution >= 0.6 is 11.6 Å². The minimum atomic E-state index is -4.02. The van der Waals surface area contributed by atoms with E-state index in [0.29, 0.717) is 10.6 Å². The molecular weight excluding hydrogens is 389 g/mol. The number of halogens is 2. The number of sulfonamides is 1. The normalized spacial score (nSPS) is 11.2. The summed E-state index contributed by atoms with van der Waals surface area (Å²) in [5.41, 5.74) is 0.818. The van der Waals surface area contributed by atoms with Gasteiger partial charge in [0.15, 0.2) is 5.78 Å². The SMILES string of the molecule is Cc1cc(S(=O)(=O)Nc2ccc(Cl)cc2C(=O)c2ccccc2)ccc1F. The Balaban J connectivity index is 2.02. The molecular formula is C20H15ClFNO3S. The first kappa shape index (κ1) is 19.1. The molecule has 4 nitrogen and oxygen atoms in total. The molecule has 27 heavy (non-hydrogen) atoms. The fourth-order valence-electron chi connectivity index (χ4n) is 2.53. The molecule has 3 rings (SSSR count). The first-order valence-corrected chi connectivity index (χ1v) is 9.82. The van der Waals surface area contributed by atoms with E-state index in [9.17, 15) is 17.6 Å². The summed E-state index contributed by atoms with van der Waals surface area (Å²) in [6.45, 7) is 1.47. The van der Waals surface area contributed by atoms with Crippen LogP contribution in [0.15, 0.2) is 71.6 Å². The molecule has 0 amide bonds. The van der Waals surface area contributed by atoms with Crippen LogP contribution in [0.5, 0.6) is 0 Å². The van der Waals surface area contributed by atoms with E-state index in [4.69, 9.17) is 11.6 Å². The fraction of sp³-hybridized carbons (Fsp3) is 0.0500. The van der Waals surface area contributed by atoms with Gasteiger partial charge in [0.1, 0.15) is 5.82 Å². The van der Waals surface area contributed by atoms with E-state index in [-0.39, 0.29) is 27.5 Å². The van der Waals surface area contributed by atoms with Crippen molar-refractivity contribution in [1.29, 1.82) is 0 Å². The molecule has 0 atom stereocenters. The maximum absolute atomic E-state index is 13.4. The Bertz CT molecular complexity index is 1120. The Morgan fingerprint density at radius 2 is 1.70 bits per heavy atom. The van der Waals surface area contributed by atoms with Gasteiger partial charge in [0.05, 0.1) is 10.6 Å². The Kier molecular flexibility index (Phi) is 5.30. The fourth-order valence-corrected chi connectivity index (χ4v) is 3.86.